The number of halogens is 4. The van der Waals surface area contributed by atoms with Crippen molar-refractivity contribution in [2.45, 2.75) is 13.3 Å². The molecule has 0 aliphatic heterocycles. The van der Waals surface area contributed by atoms with E-state index in [1.54, 1.807) is 0 Å². The molecule has 0 atom stereocenters. The molecule has 0 saturated heterocycles. The summed E-state index contributed by atoms with van der Waals surface area (Å²) in [6.07, 6.45) is -0.952. The first-order chi connectivity index (χ1) is 8.38. The third-order valence-electron chi connectivity index (χ3n) is 2.00. The van der Waals surface area contributed by atoms with Gasteiger partial charge in [-0.25, -0.2) is 17.6 Å². The molecule has 3 nitrogen and oxygen atoms in total. The Labute approximate surface area is 99.4 Å². The zero-order chi connectivity index (χ0) is 13.9. The molecule has 0 N–H and O–H groups in total. The molecule has 1 rings (SSSR count). The number of ketones is 1. The highest BCUT2D eigenvalue weighted by Crippen LogP contribution is 2.20. The Balaban J connectivity index is 3.07. The summed E-state index contributed by atoms with van der Waals surface area (Å²) in [5.74, 6) is -9.57. The van der Waals surface area contributed by atoms with Crippen LogP contribution in [0.15, 0.2) is 6.07 Å². The molecular weight excluding hydrogens is 256 g/mol. The van der Waals surface area contributed by atoms with Gasteiger partial charge in [-0.1, -0.05) is 0 Å². The fourth-order valence-corrected chi connectivity index (χ4v) is 1.25. The Morgan fingerprint density at radius 1 is 1.11 bits per heavy atom. The number of hydrogen-bond donors (Lipinski definition) is 0. The SMILES string of the molecule is CCOC(=O)CC(=O)c1c(F)cc(F)c(F)c1F. The van der Waals surface area contributed by atoms with E-state index in [1.165, 1.54) is 6.92 Å². The molecule has 0 amide bonds. The molecule has 0 saturated carbocycles. The fourth-order valence-electron chi connectivity index (χ4n) is 1.25. The Morgan fingerprint density at radius 3 is 2.28 bits per heavy atom. The van der Waals surface area contributed by atoms with Crippen LogP contribution < -0.4 is 0 Å². The van der Waals surface area contributed by atoms with Crippen molar-refractivity contribution in [3.63, 3.8) is 0 Å². The van der Waals surface area contributed by atoms with Gasteiger partial charge in [-0.05, 0) is 6.92 Å². The van der Waals surface area contributed by atoms with Crippen LogP contribution in [0.4, 0.5) is 17.6 Å². The highest BCUT2D eigenvalue weighted by atomic mass is 19.2. The first-order valence-electron chi connectivity index (χ1n) is 4.90. The topological polar surface area (TPSA) is 43.4 Å². The number of benzene rings is 1. The minimum atomic E-state index is -1.97. The normalized spacial score (nSPS) is 10.3. The van der Waals surface area contributed by atoms with Gasteiger partial charge in [-0.15, -0.1) is 0 Å². The highest BCUT2D eigenvalue weighted by molar-refractivity contribution is 6.06. The van der Waals surface area contributed by atoms with E-state index in [0.29, 0.717) is 0 Å². The molecule has 0 aliphatic carbocycles. The van der Waals surface area contributed by atoms with Crippen LogP contribution in [-0.4, -0.2) is 18.4 Å². The predicted molar refractivity (Wildman–Crippen MR) is 51.9 cm³/mol. The van der Waals surface area contributed by atoms with E-state index in [1.807, 2.05) is 0 Å². The van der Waals surface area contributed by atoms with E-state index in [-0.39, 0.29) is 12.7 Å². The molecule has 0 heterocycles. The van der Waals surface area contributed by atoms with Crippen LogP contribution in [0.5, 0.6) is 0 Å². The molecule has 0 fully saturated rings. The molecular formula is C11H8F4O3. The molecule has 7 heteroatoms. The monoisotopic (exact) mass is 264 g/mol. The largest absolute Gasteiger partial charge is 0.466 e. The van der Waals surface area contributed by atoms with Gasteiger partial charge in [-0.2, -0.15) is 0 Å². The van der Waals surface area contributed by atoms with Crippen molar-refractivity contribution < 1.29 is 31.9 Å². The van der Waals surface area contributed by atoms with Gasteiger partial charge in [0.1, 0.15) is 12.2 Å². The number of ether oxygens (including phenoxy) is 1. The average molecular weight is 264 g/mol. The van der Waals surface area contributed by atoms with Gasteiger partial charge in [0.05, 0.1) is 12.2 Å². The molecule has 0 aromatic heterocycles. The summed E-state index contributed by atoms with van der Waals surface area (Å²) in [6.45, 7) is 1.45. The molecule has 0 spiro atoms. The van der Waals surface area contributed by atoms with Crippen LogP contribution in [-0.2, 0) is 9.53 Å². The van der Waals surface area contributed by atoms with Crippen molar-refractivity contribution >= 4 is 11.8 Å². The van der Waals surface area contributed by atoms with Crippen molar-refractivity contribution in [1.82, 2.24) is 0 Å². The summed E-state index contributed by atoms with van der Waals surface area (Å²) in [4.78, 5) is 22.3. The zero-order valence-electron chi connectivity index (χ0n) is 9.23. The van der Waals surface area contributed by atoms with Crippen molar-refractivity contribution in [2.24, 2.45) is 0 Å². The quantitative estimate of drug-likeness (QED) is 0.209. The summed E-state index contributed by atoms with van der Waals surface area (Å²) in [6, 6.07) is 0.0385. The number of hydrogen-bond acceptors (Lipinski definition) is 3. The maximum absolute atomic E-state index is 13.2. The molecule has 1 aromatic carbocycles. The van der Waals surface area contributed by atoms with Gasteiger partial charge in [0.2, 0.25) is 0 Å². The molecule has 18 heavy (non-hydrogen) atoms. The van der Waals surface area contributed by atoms with Crippen LogP contribution in [0.3, 0.4) is 0 Å². The van der Waals surface area contributed by atoms with Gasteiger partial charge in [0.15, 0.2) is 23.2 Å². The van der Waals surface area contributed by atoms with Gasteiger partial charge in [-0.3, -0.25) is 9.59 Å². The summed E-state index contributed by atoms with van der Waals surface area (Å²) in [5.41, 5.74) is -1.29. The highest BCUT2D eigenvalue weighted by Gasteiger charge is 2.25. The summed E-state index contributed by atoms with van der Waals surface area (Å²) in [5, 5.41) is 0. The van der Waals surface area contributed by atoms with E-state index < -0.39 is 47.0 Å². The first kappa shape index (κ1) is 14.1. The van der Waals surface area contributed by atoms with Crippen LogP contribution in [0, 0.1) is 23.3 Å². The minimum absolute atomic E-state index is 0.0190. The number of rotatable bonds is 4. The lowest BCUT2D eigenvalue weighted by Gasteiger charge is -2.05. The second-order valence-corrected chi connectivity index (χ2v) is 3.25. The van der Waals surface area contributed by atoms with Crippen molar-refractivity contribution in [2.75, 3.05) is 6.61 Å². The Morgan fingerprint density at radius 2 is 1.72 bits per heavy atom. The van der Waals surface area contributed by atoms with Crippen LogP contribution in [0.1, 0.15) is 23.7 Å². The molecule has 98 valence electrons. The Kier molecular flexibility index (Phi) is 4.41. The van der Waals surface area contributed by atoms with E-state index in [2.05, 4.69) is 4.74 Å². The zero-order valence-corrected chi connectivity index (χ0v) is 9.23. The lowest BCUT2D eigenvalue weighted by Crippen LogP contribution is -2.15. The van der Waals surface area contributed by atoms with E-state index in [9.17, 15) is 27.2 Å². The van der Waals surface area contributed by atoms with E-state index in [0.717, 1.165) is 0 Å². The summed E-state index contributed by atoms with van der Waals surface area (Å²) in [7, 11) is 0. The number of carbonyl (C=O) groups is 2. The average Bonchev–Trinajstić information content (AvgIpc) is 2.26. The summed E-state index contributed by atoms with van der Waals surface area (Å²) >= 11 is 0. The maximum atomic E-state index is 13.2. The standard InChI is InChI=1S/C11H8F4O3/c1-2-18-8(17)4-7(16)9-5(12)3-6(13)10(14)11(9)15/h3H,2,4H2,1H3. The maximum Gasteiger partial charge on any atom is 0.313 e. The number of carbonyl (C=O) groups excluding carboxylic acids is 2. The smallest absolute Gasteiger partial charge is 0.313 e. The third-order valence-corrected chi connectivity index (χ3v) is 2.00. The lowest BCUT2D eigenvalue weighted by atomic mass is 10.1. The second kappa shape index (κ2) is 5.61. The van der Waals surface area contributed by atoms with Crippen LogP contribution in [0.25, 0.3) is 0 Å². The molecule has 0 unspecified atom stereocenters. The van der Waals surface area contributed by atoms with Gasteiger partial charge >= 0.3 is 5.97 Å². The molecule has 0 bridgehead atoms. The van der Waals surface area contributed by atoms with Crippen LogP contribution >= 0.6 is 0 Å². The minimum Gasteiger partial charge on any atom is -0.466 e. The van der Waals surface area contributed by atoms with Crippen LogP contribution in [0.2, 0.25) is 0 Å². The van der Waals surface area contributed by atoms with Gasteiger partial charge in [0.25, 0.3) is 0 Å². The van der Waals surface area contributed by atoms with Crippen molar-refractivity contribution in [3.8, 4) is 0 Å². The molecule has 0 radical (unpaired) electrons. The Bertz CT molecular complexity index is 500. The van der Waals surface area contributed by atoms with Crippen molar-refractivity contribution in [1.29, 1.82) is 0 Å². The van der Waals surface area contributed by atoms with Crippen molar-refractivity contribution in [3.05, 3.63) is 34.9 Å². The molecule has 0 aliphatic rings. The number of Topliss-reactive ketones (excluding diaryl/α,β-unsaturated/α-hetero) is 1. The summed E-state index contributed by atoms with van der Waals surface area (Å²) < 4.78 is 56.2. The Hall–Kier alpha value is -1.92. The number of esters is 1. The van der Waals surface area contributed by atoms with Gasteiger partial charge < -0.3 is 4.74 Å². The third kappa shape index (κ3) is 2.85. The second-order valence-electron chi connectivity index (χ2n) is 3.25. The first-order valence-corrected chi connectivity index (χ1v) is 4.90. The fraction of sp³-hybridized carbons (Fsp3) is 0.273. The van der Waals surface area contributed by atoms with E-state index >= 15 is 0 Å². The van der Waals surface area contributed by atoms with E-state index in [4.69, 9.17) is 0 Å². The lowest BCUT2D eigenvalue weighted by molar-refractivity contribution is -0.141. The molecule has 1 aromatic rings. The predicted octanol–water partition coefficient (Wildman–Crippen LogP) is 2.38. The van der Waals surface area contributed by atoms with Gasteiger partial charge in [0, 0.05) is 6.07 Å².